The molecule has 0 fully saturated rings. The van der Waals surface area contributed by atoms with Gasteiger partial charge in [0.1, 0.15) is 5.01 Å². The van der Waals surface area contributed by atoms with E-state index < -0.39 is 0 Å². The third-order valence-corrected chi connectivity index (χ3v) is 2.95. The molecular formula is C11H12N4OS. The summed E-state index contributed by atoms with van der Waals surface area (Å²) in [5.41, 5.74) is 7.06. The Kier molecular flexibility index (Phi) is 3.46. The summed E-state index contributed by atoms with van der Waals surface area (Å²) in [5, 5.41) is 11.7. The van der Waals surface area contributed by atoms with Gasteiger partial charge in [-0.1, -0.05) is 23.5 Å². The molecule has 88 valence electrons. The van der Waals surface area contributed by atoms with Crippen molar-refractivity contribution < 1.29 is 4.79 Å². The quantitative estimate of drug-likeness (QED) is 0.863. The van der Waals surface area contributed by atoms with E-state index in [1.165, 1.54) is 11.3 Å². The first-order chi connectivity index (χ1) is 8.19. The zero-order valence-corrected chi connectivity index (χ0v) is 10.1. The van der Waals surface area contributed by atoms with Crippen LogP contribution in [0.5, 0.6) is 0 Å². The molecule has 17 heavy (non-hydrogen) atoms. The number of nitrogens with zero attached hydrogens (tertiary/aromatic N) is 2. The number of carbonyl (C=O) groups excluding carboxylic acids is 1. The molecule has 0 radical (unpaired) electrons. The number of carbonyl (C=O) groups is 1. The smallest absolute Gasteiger partial charge is 0.257 e. The highest BCUT2D eigenvalue weighted by Gasteiger charge is 2.08. The molecule has 0 aliphatic rings. The summed E-state index contributed by atoms with van der Waals surface area (Å²) in [6, 6.07) is 7.15. The second-order valence-corrected chi connectivity index (χ2v) is 4.66. The molecule has 1 aromatic carbocycles. The summed E-state index contributed by atoms with van der Waals surface area (Å²) in [6.07, 6.45) is 0. The molecule has 1 amide bonds. The van der Waals surface area contributed by atoms with Gasteiger partial charge in [-0.25, -0.2) is 0 Å². The molecule has 1 aromatic heterocycles. The number of amides is 1. The zero-order valence-electron chi connectivity index (χ0n) is 9.30. The Morgan fingerprint density at radius 2 is 2.06 bits per heavy atom. The van der Waals surface area contributed by atoms with Crippen LogP contribution >= 0.6 is 11.3 Å². The van der Waals surface area contributed by atoms with Gasteiger partial charge in [0, 0.05) is 12.1 Å². The Morgan fingerprint density at radius 3 is 2.59 bits per heavy atom. The summed E-state index contributed by atoms with van der Waals surface area (Å²) < 4.78 is 0. The van der Waals surface area contributed by atoms with E-state index in [-0.39, 0.29) is 5.91 Å². The number of aryl methyl sites for hydroxylation is 1. The van der Waals surface area contributed by atoms with E-state index in [0.29, 0.717) is 17.2 Å². The molecule has 2 rings (SSSR count). The molecule has 0 bridgehead atoms. The van der Waals surface area contributed by atoms with Gasteiger partial charge in [-0.2, -0.15) is 0 Å². The molecule has 2 aromatic rings. The molecule has 0 unspecified atom stereocenters. The first-order valence-corrected chi connectivity index (χ1v) is 5.91. The number of nitrogens with one attached hydrogen (secondary N) is 1. The van der Waals surface area contributed by atoms with Gasteiger partial charge >= 0.3 is 0 Å². The van der Waals surface area contributed by atoms with Crippen molar-refractivity contribution in [3.63, 3.8) is 0 Å². The van der Waals surface area contributed by atoms with Crippen molar-refractivity contribution in [2.45, 2.75) is 13.5 Å². The van der Waals surface area contributed by atoms with Crippen LogP contribution in [0.25, 0.3) is 0 Å². The number of benzene rings is 1. The molecule has 0 aliphatic carbocycles. The van der Waals surface area contributed by atoms with Crippen molar-refractivity contribution in [1.29, 1.82) is 0 Å². The van der Waals surface area contributed by atoms with Crippen LogP contribution in [0.1, 0.15) is 20.9 Å². The van der Waals surface area contributed by atoms with Crippen molar-refractivity contribution in [3.05, 3.63) is 40.4 Å². The van der Waals surface area contributed by atoms with E-state index in [2.05, 4.69) is 15.5 Å². The molecule has 0 saturated carbocycles. The lowest BCUT2D eigenvalue weighted by molar-refractivity contribution is 0.102. The van der Waals surface area contributed by atoms with Crippen molar-refractivity contribution in [2.24, 2.45) is 5.73 Å². The fourth-order valence-corrected chi connectivity index (χ4v) is 1.90. The number of hydrogen-bond acceptors (Lipinski definition) is 5. The van der Waals surface area contributed by atoms with Crippen molar-refractivity contribution >= 4 is 22.4 Å². The van der Waals surface area contributed by atoms with Gasteiger partial charge in [0.05, 0.1) is 0 Å². The minimum Gasteiger partial charge on any atom is -0.326 e. The molecule has 0 saturated heterocycles. The van der Waals surface area contributed by atoms with Crippen molar-refractivity contribution in [2.75, 3.05) is 5.32 Å². The van der Waals surface area contributed by atoms with Crippen molar-refractivity contribution in [3.8, 4) is 0 Å². The Balaban J connectivity index is 2.09. The average Bonchev–Trinajstić information content (AvgIpc) is 2.75. The van der Waals surface area contributed by atoms with Crippen LogP contribution < -0.4 is 11.1 Å². The Morgan fingerprint density at radius 1 is 1.35 bits per heavy atom. The lowest BCUT2D eigenvalue weighted by Gasteiger charge is -2.02. The van der Waals surface area contributed by atoms with Crippen LogP contribution in [0, 0.1) is 6.92 Å². The molecule has 3 N–H and O–H groups in total. The summed E-state index contributed by atoms with van der Waals surface area (Å²) in [5.74, 6) is -0.190. The standard InChI is InChI=1S/C11H12N4OS/c1-7-14-15-11(17-7)13-10(16)9-4-2-8(6-12)3-5-9/h2-5H,6,12H2,1H3,(H,13,15,16). The summed E-state index contributed by atoms with van der Waals surface area (Å²) in [6.45, 7) is 2.31. The second-order valence-electron chi connectivity index (χ2n) is 3.48. The lowest BCUT2D eigenvalue weighted by atomic mass is 10.1. The first-order valence-electron chi connectivity index (χ1n) is 5.09. The van der Waals surface area contributed by atoms with E-state index in [9.17, 15) is 4.79 Å². The maximum atomic E-state index is 11.8. The summed E-state index contributed by atoms with van der Waals surface area (Å²) in [4.78, 5) is 11.8. The van der Waals surface area contributed by atoms with E-state index in [4.69, 9.17) is 5.73 Å². The topological polar surface area (TPSA) is 80.9 Å². The highest BCUT2D eigenvalue weighted by atomic mass is 32.1. The van der Waals surface area contributed by atoms with Gasteiger partial charge in [0.25, 0.3) is 5.91 Å². The lowest BCUT2D eigenvalue weighted by Crippen LogP contribution is -2.11. The average molecular weight is 248 g/mol. The maximum absolute atomic E-state index is 11.8. The van der Waals surface area contributed by atoms with Gasteiger partial charge in [0.15, 0.2) is 0 Å². The third-order valence-electron chi connectivity index (χ3n) is 2.20. The van der Waals surface area contributed by atoms with Gasteiger partial charge in [-0.05, 0) is 24.6 Å². The third kappa shape index (κ3) is 2.86. The molecule has 5 nitrogen and oxygen atoms in total. The van der Waals surface area contributed by atoms with Gasteiger partial charge in [-0.15, -0.1) is 10.2 Å². The number of hydrogen-bond donors (Lipinski definition) is 2. The van der Waals surface area contributed by atoms with Crippen LogP contribution in [-0.4, -0.2) is 16.1 Å². The van der Waals surface area contributed by atoms with E-state index in [0.717, 1.165) is 10.6 Å². The predicted molar refractivity (Wildman–Crippen MR) is 66.9 cm³/mol. The van der Waals surface area contributed by atoms with Gasteiger partial charge in [-0.3, -0.25) is 10.1 Å². The minimum absolute atomic E-state index is 0.190. The van der Waals surface area contributed by atoms with Crippen LogP contribution in [0.15, 0.2) is 24.3 Å². The molecule has 0 spiro atoms. The van der Waals surface area contributed by atoms with E-state index in [1.807, 2.05) is 19.1 Å². The number of nitrogens with two attached hydrogens (primary N) is 1. The Bertz CT molecular complexity index is 521. The highest BCUT2D eigenvalue weighted by Crippen LogP contribution is 2.15. The molecule has 0 aliphatic heterocycles. The normalized spacial score (nSPS) is 10.2. The van der Waals surface area contributed by atoms with Crippen LogP contribution in [0.4, 0.5) is 5.13 Å². The molecule has 0 atom stereocenters. The highest BCUT2D eigenvalue weighted by molar-refractivity contribution is 7.15. The monoisotopic (exact) mass is 248 g/mol. The van der Waals surface area contributed by atoms with E-state index in [1.54, 1.807) is 12.1 Å². The SMILES string of the molecule is Cc1nnc(NC(=O)c2ccc(CN)cc2)s1. The Labute approximate surface area is 103 Å². The summed E-state index contributed by atoms with van der Waals surface area (Å²) in [7, 11) is 0. The van der Waals surface area contributed by atoms with E-state index >= 15 is 0 Å². The van der Waals surface area contributed by atoms with Gasteiger partial charge < -0.3 is 5.73 Å². The van der Waals surface area contributed by atoms with Crippen LogP contribution in [0.3, 0.4) is 0 Å². The molecule has 1 heterocycles. The minimum atomic E-state index is -0.190. The number of rotatable bonds is 3. The maximum Gasteiger partial charge on any atom is 0.257 e. The molecule has 6 heteroatoms. The first kappa shape index (κ1) is 11.7. The van der Waals surface area contributed by atoms with Crippen LogP contribution in [-0.2, 0) is 6.54 Å². The van der Waals surface area contributed by atoms with Crippen molar-refractivity contribution in [1.82, 2.24) is 10.2 Å². The fourth-order valence-electron chi connectivity index (χ4n) is 1.31. The molecular weight excluding hydrogens is 236 g/mol. The van der Waals surface area contributed by atoms with Crippen LogP contribution in [0.2, 0.25) is 0 Å². The number of aromatic nitrogens is 2. The predicted octanol–water partition coefficient (Wildman–Crippen LogP) is 1.56. The second kappa shape index (κ2) is 5.03. The summed E-state index contributed by atoms with van der Waals surface area (Å²) >= 11 is 1.34. The number of anilines is 1. The fraction of sp³-hybridized carbons (Fsp3) is 0.182. The zero-order chi connectivity index (χ0) is 12.3. The largest absolute Gasteiger partial charge is 0.326 e. The Hall–Kier alpha value is -1.79. The van der Waals surface area contributed by atoms with Gasteiger partial charge in [0.2, 0.25) is 5.13 Å².